The fourth-order valence-corrected chi connectivity index (χ4v) is 0.794. The molecule has 1 heterocycles. The number of aryl methyl sites for hydroxylation is 1. The molecule has 0 amide bonds. The number of hydrogen-bond acceptors (Lipinski definition) is 4. The zero-order valence-corrected chi connectivity index (χ0v) is 7.74. The second-order valence-corrected chi connectivity index (χ2v) is 2.47. The van der Waals surface area contributed by atoms with E-state index >= 15 is 0 Å². The number of nitrogens with zero attached hydrogens (tertiary/aromatic N) is 3. The van der Waals surface area contributed by atoms with Gasteiger partial charge in [0.05, 0.1) is 0 Å². The number of nitrogens with one attached hydrogen (secondary N) is 1. The molecule has 0 aromatic carbocycles. The number of hydrogen-bond donors (Lipinski definition) is 2. The molecule has 0 saturated carbocycles. The molecule has 0 unspecified atom stereocenters. The van der Waals surface area contributed by atoms with Crippen LogP contribution in [-0.2, 0) is 6.54 Å². The van der Waals surface area contributed by atoms with Crippen molar-refractivity contribution in [3.8, 4) is 0 Å². The fraction of sp³-hybridized carbons (Fsp3) is 0.571. The summed E-state index contributed by atoms with van der Waals surface area (Å²) in [6.45, 7) is 4.77. The topological polar surface area (TPSA) is 89.3 Å². The maximum absolute atomic E-state index is 5.49. The van der Waals surface area contributed by atoms with E-state index in [1.165, 1.54) is 0 Å². The average Bonchev–Trinajstić information content (AvgIpc) is 2.49. The van der Waals surface area contributed by atoms with E-state index in [-0.39, 0.29) is 0 Å². The van der Waals surface area contributed by atoms with Crippen molar-refractivity contribution < 1.29 is 4.52 Å². The molecule has 6 heteroatoms. The predicted octanol–water partition coefficient (Wildman–Crippen LogP) is -0.198. The van der Waals surface area contributed by atoms with Crippen LogP contribution in [0.15, 0.2) is 9.52 Å². The summed E-state index contributed by atoms with van der Waals surface area (Å²) in [5.74, 6) is 1.46. The van der Waals surface area contributed by atoms with Crippen LogP contribution in [0.25, 0.3) is 0 Å². The van der Waals surface area contributed by atoms with E-state index in [2.05, 4.69) is 20.4 Å². The largest absolute Gasteiger partial charge is 0.370 e. The SMILES string of the molecule is CCNC(N)=NCc1nc(C)no1. The van der Waals surface area contributed by atoms with Crippen molar-refractivity contribution in [1.29, 1.82) is 0 Å². The van der Waals surface area contributed by atoms with Crippen molar-refractivity contribution in [2.45, 2.75) is 20.4 Å². The zero-order valence-electron chi connectivity index (χ0n) is 7.74. The molecule has 72 valence electrons. The third kappa shape index (κ3) is 3.10. The monoisotopic (exact) mass is 183 g/mol. The molecular weight excluding hydrogens is 170 g/mol. The van der Waals surface area contributed by atoms with Crippen molar-refractivity contribution >= 4 is 5.96 Å². The first-order chi connectivity index (χ1) is 6.22. The zero-order chi connectivity index (χ0) is 9.68. The van der Waals surface area contributed by atoms with Crippen LogP contribution in [-0.4, -0.2) is 22.6 Å². The van der Waals surface area contributed by atoms with Gasteiger partial charge in [-0.1, -0.05) is 5.16 Å². The van der Waals surface area contributed by atoms with Crippen molar-refractivity contribution in [3.05, 3.63) is 11.7 Å². The van der Waals surface area contributed by atoms with Crippen LogP contribution in [0.3, 0.4) is 0 Å². The van der Waals surface area contributed by atoms with E-state index in [1.54, 1.807) is 6.92 Å². The Kier molecular flexibility index (Phi) is 3.24. The molecule has 0 atom stereocenters. The smallest absolute Gasteiger partial charge is 0.248 e. The summed E-state index contributed by atoms with van der Waals surface area (Å²) >= 11 is 0. The third-order valence-corrected chi connectivity index (χ3v) is 1.31. The van der Waals surface area contributed by atoms with E-state index in [0.29, 0.717) is 24.2 Å². The molecule has 0 radical (unpaired) electrons. The molecule has 13 heavy (non-hydrogen) atoms. The van der Waals surface area contributed by atoms with Crippen LogP contribution < -0.4 is 11.1 Å². The summed E-state index contributed by atoms with van der Waals surface area (Å²) in [5.41, 5.74) is 5.49. The van der Waals surface area contributed by atoms with E-state index < -0.39 is 0 Å². The fourth-order valence-electron chi connectivity index (χ4n) is 0.794. The van der Waals surface area contributed by atoms with Crippen LogP contribution in [0.2, 0.25) is 0 Å². The van der Waals surface area contributed by atoms with Gasteiger partial charge in [0.2, 0.25) is 5.89 Å². The van der Waals surface area contributed by atoms with E-state index in [0.717, 1.165) is 6.54 Å². The molecule has 0 aliphatic carbocycles. The highest BCUT2D eigenvalue weighted by Crippen LogP contribution is 1.96. The Morgan fingerprint density at radius 3 is 3.00 bits per heavy atom. The molecule has 0 saturated heterocycles. The van der Waals surface area contributed by atoms with Crippen LogP contribution in [0, 0.1) is 6.92 Å². The number of aliphatic imine (C=N–C) groups is 1. The minimum Gasteiger partial charge on any atom is -0.370 e. The second kappa shape index (κ2) is 4.44. The summed E-state index contributed by atoms with van der Waals surface area (Å²) in [7, 11) is 0. The third-order valence-electron chi connectivity index (χ3n) is 1.31. The lowest BCUT2D eigenvalue weighted by Crippen LogP contribution is -2.31. The maximum atomic E-state index is 5.49. The summed E-state index contributed by atoms with van der Waals surface area (Å²) in [6.07, 6.45) is 0. The average molecular weight is 183 g/mol. The molecule has 0 fully saturated rings. The van der Waals surface area contributed by atoms with Gasteiger partial charge in [0.15, 0.2) is 11.8 Å². The predicted molar refractivity (Wildman–Crippen MR) is 48.0 cm³/mol. The van der Waals surface area contributed by atoms with Gasteiger partial charge >= 0.3 is 0 Å². The maximum Gasteiger partial charge on any atom is 0.248 e. The first kappa shape index (κ1) is 9.50. The highest BCUT2D eigenvalue weighted by molar-refractivity contribution is 5.77. The van der Waals surface area contributed by atoms with Crippen LogP contribution >= 0.6 is 0 Å². The van der Waals surface area contributed by atoms with Gasteiger partial charge in [0.25, 0.3) is 0 Å². The Bertz CT molecular complexity index is 293. The Labute approximate surface area is 76.2 Å². The Morgan fingerprint density at radius 2 is 2.46 bits per heavy atom. The van der Waals surface area contributed by atoms with Crippen molar-refractivity contribution in [2.24, 2.45) is 10.7 Å². The molecule has 0 aliphatic heterocycles. The van der Waals surface area contributed by atoms with Crippen LogP contribution in [0.1, 0.15) is 18.6 Å². The van der Waals surface area contributed by atoms with Crippen molar-refractivity contribution in [2.75, 3.05) is 6.54 Å². The molecular formula is C7H13N5O. The normalized spacial score (nSPS) is 11.7. The van der Waals surface area contributed by atoms with Crippen LogP contribution in [0.5, 0.6) is 0 Å². The lowest BCUT2D eigenvalue weighted by molar-refractivity contribution is 0.376. The van der Waals surface area contributed by atoms with E-state index in [9.17, 15) is 0 Å². The summed E-state index contributed by atoms with van der Waals surface area (Å²) < 4.78 is 4.84. The van der Waals surface area contributed by atoms with Gasteiger partial charge in [-0.05, 0) is 13.8 Å². The van der Waals surface area contributed by atoms with Gasteiger partial charge in [-0.15, -0.1) is 0 Å². The summed E-state index contributed by atoms with van der Waals surface area (Å²) in [6, 6.07) is 0. The molecule has 0 spiro atoms. The molecule has 3 N–H and O–H groups in total. The van der Waals surface area contributed by atoms with Gasteiger partial charge in [-0.3, -0.25) is 0 Å². The van der Waals surface area contributed by atoms with Crippen LogP contribution in [0.4, 0.5) is 0 Å². The van der Waals surface area contributed by atoms with Gasteiger partial charge in [-0.2, -0.15) is 4.98 Å². The van der Waals surface area contributed by atoms with Gasteiger partial charge in [0, 0.05) is 6.54 Å². The Hall–Kier alpha value is -1.59. The number of nitrogens with two attached hydrogens (primary N) is 1. The van der Waals surface area contributed by atoms with E-state index in [1.807, 2.05) is 6.92 Å². The van der Waals surface area contributed by atoms with Crippen molar-refractivity contribution in [1.82, 2.24) is 15.5 Å². The minimum atomic E-state index is 0.319. The number of guanidine groups is 1. The highest BCUT2D eigenvalue weighted by atomic mass is 16.5. The molecule has 0 aliphatic rings. The minimum absolute atomic E-state index is 0.319. The Balaban J connectivity index is 2.46. The number of aromatic nitrogens is 2. The Morgan fingerprint density at radius 1 is 1.69 bits per heavy atom. The molecule has 6 nitrogen and oxygen atoms in total. The standard InChI is InChI=1S/C7H13N5O/c1-3-9-7(8)10-4-6-11-5(2)12-13-6/h3-4H2,1-2H3,(H3,8,9,10). The van der Waals surface area contributed by atoms with Gasteiger partial charge in [-0.25, -0.2) is 4.99 Å². The van der Waals surface area contributed by atoms with E-state index in [4.69, 9.17) is 10.3 Å². The van der Waals surface area contributed by atoms with Crippen molar-refractivity contribution in [3.63, 3.8) is 0 Å². The first-order valence-electron chi connectivity index (χ1n) is 4.05. The molecule has 1 aromatic rings. The lowest BCUT2D eigenvalue weighted by atomic mass is 10.6. The lowest BCUT2D eigenvalue weighted by Gasteiger charge is -1.98. The molecule has 1 rings (SSSR count). The highest BCUT2D eigenvalue weighted by Gasteiger charge is 2.00. The number of rotatable bonds is 3. The second-order valence-electron chi connectivity index (χ2n) is 2.47. The van der Waals surface area contributed by atoms with Gasteiger partial charge < -0.3 is 15.6 Å². The molecule has 1 aromatic heterocycles. The van der Waals surface area contributed by atoms with Gasteiger partial charge in [0.1, 0.15) is 6.54 Å². The quantitative estimate of drug-likeness (QED) is 0.500. The molecule has 0 bridgehead atoms. The summed E-state index contributed by atoms with van der Waals surface area (Å²) in [5, 5.41) is 6.48. The first-order valence-corrected chi connectivity index (χ1v) is 4.05. The summed E-state index contributed by atoms with van der Waals surface area (Å²) in [4.78, 5) is 7.96.